The average molecular weight is 561 g/mol. The fourth-order valence-corrected chi connectivity index (χ4v) is 6.22. The number of benzene rings is 2. The average Bonchev–Trinajstić information content (AvgIpc) is 2.88. The second-order valence-corrected chi connectivity index (χ2v) is 12.4. The Morgan fingerprint density at radius 3 is 2.18 bits per heavy atom. The van der Waals surface area contributed by atoms with Gasteiger partial charge in [-0.3, -0.25) is 25.7 Å². The third kappa shape index (κ3) is 7.73. The Balaban J connectivity index is 1.92. The molecule has 0 radical (unpaired) electrons. The molecule has 0 atom stereocenters. The number of hydrogen-bond donors (Lipinski definition) is 1. The molecule has 1 saturated heterocycles. The summed E-state index contributed by atoms with van der Waals surface area (Å²) in [5.74, 6) is 0.622. The van der Waals surface area contributed by atoms with Gasteiger partial charge in [-0.1, -0.05) is 40.2 Å². The summed E-state index contributed by atoms with van der Waals surface area (Å²) in [5.41, 5.74) is 3.31. The minimum absolute atomic E-state index is 0.0519. The quantitative estimate of drug-likeness (QED) is 0.210. The summed E-state index contributed by atoms with van der Waals surface area (Å²) >= 11 is 0. The Hall–Kier alpha value is -3.58. The van der Waals surface area contributed by atoms with Crippen molar-refractivity contribution in [3.05, 3.63) is 62.2 Å². The van der Waals surface area contributed by atoms with Crippen molar-refractivity contribution < 1.29 is 18.3 Å². The third-order valence-electron chi connectivity index (χ3n) is 6.22. The number of hydrazone groups is 1. The maximum absolute atomic E-state index is 13.3. The summed E-state index contributed by atoms with van der Waals surface area (Å²) in [6.07, 6.45) is 3.71. The maximum Gasteiger partial charge on any atom is 0.293 e. The Bertz CT molecular complexity index is 1310. The Kier molecular flexibility index (Phi) is 9.97. The Morgan fingerprint density at radius 2 is 1.62 bits per heavy atom. The molecule has 1 heterocycles. The van der Waals surface area contributed by atoms with Crippen molar-refractivity contribution in [3.63, 3.8) is 0 Å². The molecule has 1 N–H and O–H groups in total. The molecule has 0 saturated carbocycles. The molecule has 212 valence electrons. The van der Waals surface area contributed by atoms with Gasteiger partial charge in [-0.2, -0.15) is 9.41 Å². The number of hydrogen-bond acceptors (Lipinski definition) is 9. The molecule has 39 heavy (non-hydrogen) atoms. The molecule has 0 aromatic heterocycles. The van der Waals surface area contributed by atoms with Crippen LogP contribution in [0.5, 0.6) is 0 Å². The lowest BCUT2D eigenvalue weighted by Gasteiger charge is -2.28. The summed E-state index contributed by atoms with van der Waals surface area (Å²) in [6.45, 7) is 10.3. The largest absolute Gasteiger partial charge is 0.365 e. The topological polar surface area (TPSA) is 151 Å². The van der Waals surface area contributed by atoms with E-state index < -0.39 is 19.9 Å². The molecular weight excluding hydrogens is 524 g/mol. The van der Waals surface area contributed by atoms with Crippen molar-refractivity contribution in [2.45, 2.75) is 51.9 Å². The molecule has 12 nitrogen and oxygen atoms in total. The minimum Gasteiger partial charge on any atom is -0.365 e. The number of nitro groups is 2. The fraction of sp³-hybridized carbons (Fsp3) is 0.500. The molecule has 0 aliphatic carbocycles. The molecule has 1 fully saturated rings. The van der Waals surface area contributed by atoms with Gasteiger partial charge in [0.15, 0.2) is 0 Å². The predicted octanol–water partition coefficient (Wildman–Crippen LogP) is 5.24. The van der Waals surface area contributed by atoms with E-state index in [0.29, 0.717) is 49.3 Å². The molecule has 0 unspecified atom stereocenters. The van der Waals surface area contributed by atoms with E-state index in [2.05, 4.69) is 38.2 Å². The van der Waals surface area contributed by atoms with Gasteiger partial charge in [0.2, 0.25) is 10.0 Å². The third-order valence-corrected chi connectivity index (χ3v) is 8.15. The van der Waals surface area contributed by atoms with Crippen molar-refractivity contribution in [3.8, 4) is 0 Å². The van der Waals surface area contributed by atoms with E-state index in [1.165, 1.54) is 28.7 Å². The standard InChI is InChI=1S/C26H36N6O6S/c1-19(2)17-29(18-20(3)4)24-11-8-21(14-25(24)32(35)36)16-27-28-23-10-9-22(31(33)34)15-26(23)39(37,38)30-12-6-5-7-13-30/h8-11,14-16,19-20,28H,5-7,12-13,17-18H2,1-4H3. The van der Waals surface area contributed by atoms with Gasteiger partial charge < -0.3 is 4.90 Å². The van der Waals surface area contributed by atoms with Crippen LogP contribution in [0.15, 0.2) is 46.4 Å². The summed E-state index contributed by atoms with van der Waals surface area (Å²) in [6, 6.07) is 8.36. The van der Waals surface area contributed by atoms with Gasteiger partial charge >= 0.3 is 0 Å². The van der Waals surface area contributed by atoms with Crippen LogP contribution in [0.2, 0.25) is 0 Å². The Morgan fingerprint density at radius 1 is 0.974 bits per heavy atom. The first-order valence-corrected chi connectivity index (χ1v) is 14.4. The summed E-state index contributed by atoms with van der Waals surface area (Å²) in [5, 5.41) is 27.4. The lowest BCUT2D eigenvalue weighted by Crippen LogP contribution is -2.35. The number of piperidine rings is 1. The SMILES string of the molecule is CC(C)CN(CC(C)C)c1ccc(C=NNc2ccc([N+](=O)[O-])cc2S(=O)(=O)N2CCCCC2)cc1[N+](=O)[O-]. The first-order valence-electron chi connectivity index (χ1n) is 13.0. The lowest BCUT2D eigenvalue weighted by molar-refractivity contribution is -0.385. The highest BCUT2D eigenvalue weighted by atomic mass is 32.2. The summed E-state index contributed by atoms with van der Waals surface area (Å²) < 4.78 is 28.0. The van der Waals surface area contributed by atoms with Crippen LogP contribution in [0, 0.1) is 32.1 Å². The van der Waals surface area contributed by atoms with Crippen LogP contribution >= 0.6 is 0 Å². The number of non-ortho nitro benzene ring substituents is 1. The Labute approximate surface area is 229 Å². The smallest absolute Gasteiger partial charge is 0.293 e. The first kappa shape index (κ1) is 30.0. The molecule has 2 aromatic carbocycles. The molecule has 1 aliphatic heterocycles. The highest BCUT2D eigenvalue weighted by Crippen LogP contribution is 2.32. The highest BCUT2D eigenvalue weighted by molar-refractivity contribution is 7.89. The van der Waals surface area contributed by atoms with Crippen LogP contribution in [0.25, 0.3) is 0 Å². The van der Waals surface area contributed by atoms with Gasteiger partial charge in [-0.25, -0.2) is 8.42 Å². The zero-order valence-electron chi connectivity index (χ0n) is 22.7. The normalized spacial score (nSPS) is 14.7. The molecule has 13 heteroatoms. The van der Waals surface area contributed by atoms with E-state index in [1.54, 1.807) is 12.1 Å². The van der Waals surface area contributed by atoms with Gasteiger partial charge in [-0.05, 0) is 36.8 Å². The molecule has 0 amide bonds. The van der Waals surface area contributed by atoms with E-state index in [9.17, 15) is 28.6 Å². The van der Waals surface area contributed by atoms with Crippen LogP contribution in [-0.2, 0) is 10.0 Å². The van der Waals surface area contributed by atoms with Crippen LogP contribution in [0.1, 0.15) is 52.5 Å². The monoisotopic (exact) mass is 560 g/mol. The van der Waals surface area contributed by atoms with Crippen molar-refractivity contribution in [2.75, 3.05) is 36.5 Å². The molecule has 0 bridgehead atoms. The highest BCUT2D eigenvalue weighted by Gasteiger charge is 2.30. The summed E-state index contributed by atoms with van der Waals surface area (Å²) in [7, 11) is -4.00. The zero-order chi connectivity index (χ0) is 28.7. The van der Waals surface area contributed by atoms with Crippen molar-refractivity contribution >= 4 is 39.0 Å². The number of nitrogens with one attached hydrogen (secondary N) is 1. The van der Waals surface area contributed by atoms with Crippen LogP contribution in [0.3, 0.4) is 0 Å². The number of anilines is 2. The van der Waals surface area contributed by atoms with E-state index in [4.69, 9.17) is 0 Å². The van der Waals surface area contributed by atoms with E-state index >= 15 is 0 Å². The van der Waals surface area contributed by atoms with E-state index in [1.807, 2.05) is 4.90 Å². The van der Waals surface area contributed by atoms with Crippen molar-refractivity contribution in [2.24, 2.45) is 16.9 Å². The molecular formula is C26H36N6O6S. The maximum atomic E-state index is 13.3. The number of rotatable bonds is 12. The van der Waals surface area contributed by atoms with Crippen molar-refractivity contribution in [1.82, 2.24) is 4.31 Å². The molecule has 1 aliphatic rings. The molecule has 0 spiro atoms. The number of sulfonamides is 1. The van der Waals surface area contributed by atoms with Crippen LogP contribution in [-0.4, -0.2) is 55.0 Å². The number of nitrogens with zero attached hydrogens (tertiary/aromatic N) is 5. The number of nitro benzene ring substituents is 2. The van der Waals surface area contributed by atoms with Crippen LogP contribution in [0.4, 0.5) is 22.7 Å². The lowest BCUT2D eigenvalue weighted by atomic mass is 10.1. The van der Waals surface area contributed by atoms with Gasteiger partial charge in [0.05, 0.1) is 21.7 Å². The van der Waals surface area contributed by atoms with Gasteiger partial charge in [0.25, 0.3) is 11.4 Å². The van der Waals surface area contributed by atoms with Crippen molar-refractivity contribution in [1.29, 1.82) is 0 Å². The van der Waals surface area contributed by atoms with Gasteiger partial charge in [0.1, 0.15) is 10.6 Å². The van der Waals surface area contributed by atoms with E-state index in [-0.39, 0.29) is 22.0 Å². The predicted molar refractivity (Wildman–Crippen MR) is 152 cm³/mol. The minimum atomic E-state index is -4.00. The van der Waals surface area contributed by atoms with E-state index in [0.717, 1.165) is 25.3 Å². The van der Waals surface area contributed by atoms with Gasteiger partial charge in [0, 0.05) is 49.9 Å². The second kappa shape index (κ2) is 13.0. The summed E-state index contributed by atoms with van der Waals surface area (Å²) in [4.78, 5) is 24.0. The van der Waals surface area contributed by atoms with Crippen LogP contribution < -0.4 is 10.3 Å². The first-order chi connectivity index (χ1) is 18.4. The molecule has 3 rings (SSSR count). The second-order valence-electron chi connectivity index (χ2n) is 10.5. The van der Waals surface area contributed by atoms with Gasteiger partial charge in [-0.15, -0.1) is 0 Å². The zero-order valence-corrected chi connectivity index (χ0v) is 23.6. The fourth-order valence-electron chi connectivity index (χ4n) is 4.54. The molecule has 2 aromatic rings.